The smallest absolute Gasteiger partial charge is 0.294 e. The summed E-state index contributed by atoms with van der Waals surface area (Å²) in [6, 6.07) is 12.1. The van der Waals surface area contributed by atoms with E-state index in [1.54, 1.807) is 18.7 Å². The van der Waals surface area contributed by atoms with Gasteiger partial charge < -0.3 is 9.73 Å². The Balaban J connectivity index is 1.76. The summed E-state index contributed by atoms with van der Waals surface area (Å²) >= 11 is 6.04. The summed E-state index contributed by atoms with van der Waals surface area (Å²) in [5, 5.41) is 11.5. The number of oxazole rings is 1. The molecule has 4 rings (SSSR count). The highest BCUT2D eigenvalue weighted by molar-refractivity contribution is 6.30. The van der Waals surface area contributed by atoms with Gasteiger partial charge >= 0.3 is 0 Å². The zero-order valence-electron chi connectivity index (χ0n) is 14.7. The van der Waals surface area contributed by atoms with Crippen molar-refractivity contribution in [3.63, 3.8) is 0 Å². The summed E-state index contributed by atoms with van der Waals surface area (Å²) in [5.74, 6) is 0. The molecular formula is C20H18ClN5O. The second-order valence-corrected chi connectivity index (χ2v) is 6.46. The van der Waals surface area contributed by atoms with Gasteiger partial charge in [-0.25, -0.2) is 0 Å². The standard InChI is InChI=1S/C20H18ClN5O/c1-2-23-20-24-16(12-27-20)11-17-18(13-7-9-22-10-8-13)19(26-25-17)14-3-5-15(21)6-4-14/h3-10,12H,2,11H2,1H3,(H,23,24)(H,25,26). The molecule has 0 aliphatic carbocycles. The molecule has 0 amide bonds. The van der Waals surface area contributed by atoms with E-state index >= 15 is 0 Å². The molecule has 0 atom stereocenters. The van der Waals surface area contributed by atoms with Gasteiger partial charge in [-0.1, -0.05) is 23.7 Å². The van der Waals surface area contributed by atoms with Gasteiger partial charge in [0.25, 0.3) is 6.01 Å². The first-order chi connectivity index (χ1) is 13.2. The molecule has 0 saturated heterocycles. The number of nitrogens with zero attached hydrogens (tertiary/aromatic N) is 3. The van der Waals surface area contributed by atoms with Crippen molar-refractivity contribution >= 4 is 17.6 Å². The number of aromatic nitrogens is 4. The quantitative estimate of drug-likeness (QED) is 0.503. The van der Waals surface area contributed by atoms with Gasteiger partial charge in [-0.15, -0.1) is 0 Å². The van der Waals surface area contributed by atoms with Gasteiger partial charge in [-0.2, -0.15) is 10.1 Å². The van der Waals surface area contributed by atoms with Gasteiger partial charge in [0.15, 0.2) is 0 Å². The number of aromatic amines is 1. The normalized spacial score (nSPS) is 10.9. The monoisotopic (exact) mass is 379 g/mol. The van der Waals surface area contributed by atoms with Crippen molar-refractivity contribution in [3.8, 4) is 22.4 Å². The van der Waals surface area contributed by atoms with E-state index in [1.807, 2.05) is 43.3 Å². The Hall–Kier alpha value is -3.12. The predicted molar refractivity (Wildman–Crippen MR) is 106 cm³/mol. The summed E-state index contributed by atoms with van der Waals surface area (Å²) in [4.78, 5) is 8.59. The number of pyridine rings is 1. The minimum Gasteiger partial charge on any atom is -0.432 e. The van der Waals surface area contributed by atoms with Crippen LogP contribution in [0, 0.1) is 0 Å². The maximum Gasteiger partial charge on any atom is 0.294 e. The number of benzene rings is 1. The molecule has 7 heteroatoms. The molecule has 6 nitrogen and oxygen atoms in total. The molecule has 1 aromatic carbocycles. The van der Waals surface area contributed by atoms with Crippen LogP contribution in [0.3, 0.4) is 0 Å². The van der Waals surface area contributed by atoms with Crippen molar-refractivity contribution in [1.82, 2.24) is 20.2 Å². The lowest BCUT2D eigenvalue weighted by Crippen LogP contribution is -1.97. The van der Waals surface area contributed by atoms with E-state index in [1.165, 1.54) is 0 Å². The number of hydrogen-bond acceptors (Lipinski definition) is 5. The Kier molecular flexibility index (Phi) is 4.89. The summed E-state index contributed by atoms with van der Waals surface area (Å²) in [6.45, 7) is 2.76. The zero-order chi connectivity index (χ0) is 18.6. The van der Waals surface area contributed by atoms with Crippen molar-refractivity contribution in [2.45, 2.75) is 13.3 Å². The molecule has 2 N–H and O–H groups in total. The summed E-state index contributed by atoms with van der Waals surface area (Å²) in [6.07, 6.45) is 5.79. The van der Waals surface area contributed by atoms with Gasteiger partial charge in [0.2, 0.25) is 0 Å². The number of halogens is 1. The van der Waals surface area contributed by atoms with Crippen LogP contribution in [0.15, 0.2) is 59.5 Å². The van der Waals surface area contributed by atoms with E-state index in [2.05, 4.69) is 25.5 Å². The third kappa shape index (κ3) is 3.71. The second-order valence-electron chi connectivity index (χ2n) is 6.02. The average Bonchev–Trinajstić information content (AvgIpc) is 3.31. The van der Waals surface area contributed by atoms with Crippen LogP contribution in [0.1, 0.15) is 18.3 Å². The van der Waals surface area contributed by atoms with E-state index in [9.17, 15) is 0 Å². The largest absolute Gasteiger partial charge is 0.432 e. The maximum atomic E-state index is 6.04. The van der Waals surface area contributed by atoms with Crippen molar-refractivity contribution in [2.24, 2.45) is 0 Å². The van der Waals surface area contributed by atoms with Crippen LogP contribution < -0.4 is 5.32 Å². The fraction of sp³-hybridized carbons (Fsp3) is 0.150. The molecule has 0 aliphatic heterocycles. The van der Waals surface area contributed by atoms with Crippen molar-refractivity contribution in [3.05, 3.63) is 71.5 Å². The van der Waals surface area contributed by atoms with Crippen LogP contribution in [0.25, 0.3) is 22.4 Å². The molecule has 3 aromatic heterocycles. The third-order valence-electron chi connectivity index (χ3n) is 4.17. The minimum absolute atomic E-state index is 0.524. The van der Waals surface area contributed by atoms with Gasteiger partial charge in [0.1, 0.15) is 12.0 Å². The maximum absolute atomic E-state index is 6.04. The van der Waals surface area contributed by atoms with Crippen LogP contribution in [0.2, 0.25) is 5.02 Å². The number of hydrogen-bond donors (Lipinski definition) is 2. The molecule has 0 spiro atoms. The molecule has 0 bridgehead atoms. The Morgan fingerprint density at radius 2 is 1.85 bits per heavy atom. The van der Waals surface area contributed by atoms with Gasteiger partial charge in [-0.3, -0.25) is 10.1 Å². The topological polar surface area (TPSA) is 79.6 Å². The Bertz CT molecular complexity index is 1020. The zero-order valence-corrected chi connectivity index (χ0v) is 15.5. The molecule has 0 fully saturated rings. The molecule has 4 aromatic rings. The molecule has 0 radical (unpaired) electrons. The summed E-state index contributed by atoms with van der Waals surface area (Å²) in [7, 11) is 0. The first-order valence-corrected chi connectivity index (χ1v) is 9.04. The van der Waals surface area contributed by atoms with Crippen molar-refractivity contribution in [1.29, 1.82) is 0 Å². The molecule has 0 saturated carbocycles. The fourth-order valence-electron chi connectivity index (χ4n) is 2.95. The summed E-state index contributed by atoms with van der Waals surface area (Å²) in [5.41, 5.74) is 5.70. The van der Waals surface area contributed by atoms with Gasteiger partial charge in [0.05, 0.1) is 5.69 Å². The molecule has 27 heavy (non-hydrogen) atoms. The van der Waals surface area contributed by atoms with E-state index < -0.39 is 0 Å². The first-order valence-electron chi connectivity index (χ1n) is 8.66. The molecule has 0 unspecified atom stereocenters. The van der Waals surface area contributed by atoms with E-state index in [0.29, 0.717) is 17.5 Å². The highest BCUT2D eigenvalue weighted by Gasteiger charge is 2.18. The van der Waals surface area contributed by atoms with Crippen LogP contribution in [-0.2, 0) is 6.42 Å². The highest BCUT2D eigenvalue weighted by Crippen LogP contribution is 2.34. The number of H-pyrrole nitrogens is 1. The summed E-state index contributed by atoms with van der Waals surface area (Å²) < 4.78 is 5.45. The number of rotatable bonds is 6. The van der Waals surface area contributed by atoms with Crippen LogP contribution >= 0.6 is 11.6 Å². The molecule has 136 valence electrons. The van der Waals surface area contributed by atoms with E-state index in [0.717, 1.165) is 40.3 Å². The fourth-order valence-corrected chi connectivity index (χ4v) is 3.08. The lowest BCUT2D eigenvalue weighted by Gasteiger charge is -2.06. The highest BCUT2D eigenvalue weighted by atomic mass is 35.5. The Morgan fingerprint density at radius 1 is 1.07 bits per heavy atom. The first kappa shape index (κ1) is 17.3. The van der Waals surface area contributed by atoms with E-state index in [-0.39, 0.29) is 0 Å². The number of anilines is 1. The van der Waals surface area contributed by atoms with Gasteiger partial charge in [0, 0.05) is 47.2 Å². The molecule has 3 heterocycles. The molecule has 0 aliphatic rings. The van der Waals surface area contributed by atoms with Crippen LogP contribution in [-0.4, -0.2) is 26.7 Å². The number of nitrogens with one attached hydrogen (secondary N) is 2. The van der Waals surface area contributed by atoms with Crippen LogP contribution in [0.4, 0.5) is 6.01 Å². The third-order valence-corrected chi connectivity index (χ3v) is 4.42. The molecular weight excluding hydrogens is 362 g/mol. The Labute approximate surface area is 161 Å². The second kappa shape index (κ2) is 7.63. The predicted octanol–water partition coefficient (Wildman–Crippen LogP) is 4.80. The lowest BCUT2D eigenvalue weighted by atomic mass is 9.98. The van der Waals surface area contributed by atoms with Gasteiger partial charge in [-0.05, 0) is 36.8 Å². The average molecular weight is 380 g/mol. The SMILES string of the molecule is CCNc1nc(Cc2[nH]nc(-c3ccc(Cl)cc3)c2-c2ccncc2)co1. The van der Waals surface area contributed by atoms with Crippen molar-refractivity contribution < 1.29 is 4.42 Å². The lowest BCUT2D eigenvalue weighted by molar-refractivity contribution is 0.571. The minimum atomic E-state index is 0.524. The van der Waals surface area contributed by atoms with E-state index in [4.69, 9.17) is 16.0 Å². The Morgan fingerprint density at radius 3 is 2.59 bits per heavy atom. The van der Waals surface area contributed by atoms with Crippen LogP contribution in [0.5, 0.6) is 0 Å². The van der Waals surface area contributed by atoms with Crippen molar-refractivity contribution in [2.75, 3.05) is 11.9 Å².